The highest BCUT2D eigenvalue weighted by atomic mass is 16.2. The number of benzene rings is 1. The van der Waals surface area contributed by atoms with E-state index in [9.17, 15) is 4.79 Å². The number of nitrogens with one attached hydrogen (secondary N) is 3. The fourth-order valence-corrected chi connectivity index (χ4v) is 4.43. The zero-order valence-electron chi connectivity index (χ0n) is 15.3. The molecule has 1 aliphatic heterocycles. The van der Waals surface area contributed by atoms with E-state index in [0.717, 1.165) is 49.9 Å². The van der Waals surface area contributed by atoms with Crippen LogP contribution in [0.5, 0.6) is 0 Å². The van der Waals surface area contributed by atoms with Crippen molar-refractivity contribution in [2.75, 3.05) is 13.1 Å². The Balaban J connectivity index is 1.56. The van der Waals surface area contributed by atoms with Gasteiger partial charge in [-0.15, -0.1) is 0 Å². The number of aromatic nitrogens is 2. The minimum Gasteiger partial charge on any atom is -0.346 e. The fraction of sp³-hybridized carbons (Fsp3) is 0.524. The highest BCUT2D eigenvalue weighted by molar-refractivity contribution is 5.80. The number of hydrogen-bond donors (Lipinski definition) is 3. The molecule has 5 heteroatoms. The zero-order valence-corrected chi connectivity index (χ0v) is 15.3. The Labute approximate surface area is 155 Å². The van der Waals surface area contributed by atoms with Gasteiger partial charge in [-0.2, -0.15) is 5.10 Å². The molecule has 2 aromatic rings. The van der Waals surface area contributed by atoms with Crippen molar-refractivity contribution < 1.29 is 4.79 Å². The Morgan fingerprint density at radius 3 is 2.42 bits per heavy atom. The summed E-state index contributed by atoms with van der Waals surface area (Å²) in [6.07, 6.45) is 11.3. The molecule has 2 heterocycles. The topological polar surface area (TPSA) is 69.8 Å². The van der Waals surface area contributed by atoms with Crippen molar-refractivity contribution in [3.05, 3.63) is 42.2 Å². The Bertz CT molecular complexity index is 711. The number of rotatable bonds is 4. The molecule has 1 saturated heterocycles. The van der Waals surface area contributed by atoms with E-state index in [1.54, 1.807) is 0 Å². The van der Waals surface area contributed by atoms with Gasteiger partial charge >= 0.3 is 0 Å². The molecule has 1 aliphatic carbocycles. The third kappa shape index (κ3) is 3.54. The van der Waals surface area contributed by atoms with Crippen molar-refractivity contribution in [1.82, 2.24) is 20.8 Å². The minimum atomic E-state index is -0.241. The molecule has 0 atom stereocenters. The van der Waals surface area contributed by atoms with Crippen molar-refractivity contribution in [3.8, 4) is 11.1 Å². The molecule has 1 aromatic heterocycles. The van der Waals surface area contributed by atoms with Gasteiger partial charge in [-0.1, -0.05) is 43.5 Å². The van der Waals surface area contributed by atoms with Gasteiger partial charge in [0.25, 0.3) is 0 Å². The van der Waals surface area contributed by atoms with E-state index in [1.165, 1.54) is 24.8 Å². The maximum Gasteiger partial charge on any atom is 0.223 e. The van der Waals surface area contributed by atoms with Gasteiger partial charge in [0.15, 0.2) is 0 Å². The maximum absolute atomic E-state index is 13.0. The first kappa shape index (κ1) is 17.3. The number of hydrogen-bond acceptors (Lipinski definition) is 3. The average molecular weight is 352 g/mol. The highest BCUT2D eigenvalue weighted by Crippen LogP contribution is 2.34. The van der Waals surface area contributed by atoms with E-state index in [-0.39, 0.29) is 17.4 Å². The minimum absolute atomic E-state index is 0.195. The van der Waals surface area contributed by atoms with Gasteiger partial charge in [-0.05, 0) is 49.9 Å². The van der Waals surface area contributed by atoms with Crippen LogP contribution in [0.3, 0.4) is 0 Å². The monoisotopic (exact) mass is 352 g/mol. The molecular weight excluding hydrogens is 324 g/mol. The Morgan fingerprint density at radius 2 is 1.77 bits per heavy atom. The molecule has 1 amide bonds. The third-order valence-corrected chi connectivity index (χ3v) is 6.06. The van der Waals surface area contributed by atoms with Crippen molar-refractivity contribution in [2.24, 2.45) is 5.92 Å². The van der Waals surface area contributed by atoms with Crippen molar-refractivity contribution in [2.45, 2.75) is 50.5 Å². The largest absolute Gasteiger partial charge is 0.346 e. The van der Waals surface area contributed by atoms with Crippen LogP contribution in [0.1, 0.15) is 50.5 Å². The van der Waals surface area contributed by atoms with Gasteiger partial charge in [0.2, 0.25) is 5.91 Å². The number of amides is 1. The van der Waals surface area contributed by atoms with Gasteiger partial charge in [-0.3, -0.25) is 9.89 Å². The number of nitrogens with zero attached hydrogens (tertiary/aromatic N) is 1. The second-order valence-corrected chi connectivity index (χ2v) is 7.72. The highest BCUT2D eigenvalue weighted by Gasteiger charge is 2.37. The predicted molar refractivity (Wildman–Crippen MR) is 103 cm³/mol. The molecule has 5 nitrogen and oxygen atoms in total. The Hall–Kier alpha value is -2.14. The Morgan fingerprint density at radius 1 is 1.04 bits per heavy atom. The van der Waals surface area contributed by atoms with Gasteiger partial charge in [-0.25, -0.2) is 0 Å². The maximum atomic E-state index is 13.0. The molecule has 1 saturated carbocycles. The van der Waals surface area contributed by atoms with Crippen LogP contribution in [0.15, 0.2) is 36.7 Å². The molecule has 26 heavy (non-hydrogen) atoms. The first-order valence-electron chi connectivity index (χ1n) is 9.89. The molecule has 0 radical (unpaired) electrons. The van der Waals surface area contributed by atoms with Crippen LogP contribution in [0, 0.1) is 5.92 Å². The van der Waals surface area contributed by atoms with Gasteiger partial charge in [0.05, 0.1) is 11.7 Å². The summed E-state index contributed by atoms with van der Waals surface area (Å²) >= 11 is 0. The van der Waals surface area contributed by atoms with E-state index in [0.29, 0.717) is 0 Å². The normalized spacial score (nSPS) is 20.6. The third-order valence-electron chi connectivity index (χ3n) is 6.06. The summed E-state index contributed by atoms with van der Waals surface area (Å²) in [5, 5.41) is 13.8. The second-order valence-electron chi connectivity index (χ2n) is 7.72. The van der Waals surface area contributed by atoms with Crippen LogP contribution in [0.25, 0.3) is 11.1 Å². The van der Waals surface area contributed by atoms with Gasteiger partial charge in [0.1, 0.15) is 0 Å². The summed E-state index contributed by atoms with van der Waals surface area (Å²) in [6, 6.07) is 8.62. The van der Waals surface area contributed by atoms with Crippen molar-refractivity contribution in [1.29, 1.82) is 0 Å². The first-order chi connectivity index (χ1) is 12.8. The van der Waals surface area contributed by atoms with Gasteiger partial charge < -0.3 is 10.6 Å². The molecule has 4 rings (SSSR count). The molecule has 2 fully saturated rings. The quantitative estimate of drug-likeness (QED) is 0.790. The standard InChI is InChI=1S/C21H28N4O/c26-20(17-4-2-1-3-5-17)25-21(10-12-22-13-11-21)19-8-6-16(7-9-19)18-14-23-24-15-18/h6-9,14-15,17,22H,1-5,10-13H2,(H,23,24)(H,25,26). The van der Waals surface area contributed by atoms with Crippen molar-refractivity contribution >= 4 is 5.91 Å². The van der Waals surface area contributed by atoms with Gasteiger partial charge in [0, 0.05) is 17.7 Å². The fourth-order valence-electron chi connectivity index (χ4n) is 4.43. The molecule has 1 aromatic carbocycles. The van der Waals surface area contributed by atoms with E-state index in [2.05, 4.69) is 45.1 Å². The number of H-pyrrole nitrogens is 1. The molecule has 2 aliphatic rings. The molecule has 0 spiro atoms. The van der Waals surface area contributed by atoms with Crippen LogP contribution in [-0.2, 0) is 10.3 Å². The molecule has 3 N–H and O–H groups in total. The smallest absolute Gasteiger partial charge is 0.223 e. The number of aromatic amines is 1. The summed E-state index contributed by atoms with van der Waals surface area (Å²) < 4.78 is 0. The second kappa shape index (κ2) is 7.62. The van der Waals surface area contributed by atoms with Crippen LogP contribution in [-0.4, -0.2) is 29.2 Å². The van der Waals surface area contributed by atoms with E-state index in [4.69, 9.17) is 0 Å². The summed E-state index contributed by atoms with van der Waals surface area (Å²) in [5.41, 5.74) is 3.21. The number of piperidine rings is 1. The molecule has 0 unspecified atom stereocenters. The zero-order chi connectivity index (χ0) is 17.8. The summed E-state index contributed by atoms with van der Waals surface area (Å²) in [6.45, 7) is 1.88. The summed E-state index contributed by atoms with van der Waals surface area (Å²) in [4.78, 5) is 13.0. The van der Waals surface area contributed by atoms with E-state index < -0.39 is 0 Å². The lowest BCUT2D eigenvalue weighted by Crippen LogP contribution is -2.53. The van der Waals surface area contributed by atoms with E-state index >= 15 is 0 Å². The lowest BCUT2D eigenvalue weighted by molar-refractivity contribution is -0.128. The van der Waals surface area contributed by atoms with Crippen molar-refractivity contribution in [3.63, 3.8) is 0 Å². The first-order valence-corrected chi connectivity index (χ1v) is 9.89. The number of carbonyl (C=O) groups is 1. The SMILES string of the molecule is O=C(NC1(c2ccc(-c3cn[nH]c3)cc2)CCNCC1)C1CCCCC1. The van der Waals surface area contributed by atoms with Crippen LogP contribution >= 0.6 is 0 Å². The Kier molecular flexibility index (Phi) is 5.07. The van der Waals surface area contributed by atoms with Crippen LogP contribution in [0.4, 0.5) is 0 Å². The lowest BCUT2D eigenvalue weighted by atomic mass is 9.79. The number of carbonyl (C=O) groups excluding carboxylic acids is 1. The van der Waals surface area contributed by atoms with Crippen LogP contribution in [0.2, 0.25) is 0 Å². The summed E-state index contributed by atoms with van der Waals surface area (Å²) in [5.74, 6) is 0.450. The molecule has 0 bridgehead atoms. The lowest BCUT2D eigenvalue weighted by Gasteiger charge is -2.40. The predicted octanol–water partition coefficient (Wildman–Crippen LogP) is 3.35. The molecular formula is C21H28N4O. The molecule has 138 valence electrons. The summed E-state index contributed by atoms with van der Waals surface area (Å²) in [7, 11) is 0. The van der Waals surface area contributed by atoms with Crippen LogP contribution < -0.4 is 10.6 Å². The van der Waals surface area contributed by atoms with E-state index in [1.807, 2.05) is 12.4 Å². The average Bonchev–Trinajstić information content (AvgIpc) is 3.24.